The van der Waals surface area contributed by atoms with Crippen LogP contribution in [0.2, 0.25) is 0 Å². The molecule has 0 saturated carbocycles. The van der Waals surface area contributed by atoms with Crippen LogP contribution in [-0.4, -0.2) is 17.5 Å². The normalized spacial score (nSPS) is 12.4. The fourth-order valence-electron chi connectivity index (χ4n) is 21.5. The molecule has 0 aliphatic heterocycles. The molecule has 0 radical (unpaired) electrons. The Morgan fingerprint density at radius 2 is 0.522 bits per heavy atom. The molecule has 0 spiro atoms. The number of unbranched alkanes of at least 4 members (excludes halogenated alkanes) is 42. The second-order valence-corrected chi connectivity index (χ2v) is 53.1. The molecular formula is C122H164N4S12. The molecular weight excluding hydrogens is 1910 g/mol. The lowest BCUT2D eigenvalue weighted by Gasteiger charge is -2.17. The number of aryl methyl sites for hydroxylation is 8. The van der Waals surface area contributed by atoms with Gasteiger partial charge in [0.25, 0.3) is 0 Å². The van der Waals surface area contributed by atoms with E-state index in [0.29, 0.717) is 0 Å². The minimum atomic E-state index is 0.771. The van der Waals surface area contributed by atoms with Crippen LogP contribution in [0.1, 0.15) is 437 Å². The van der Waals surface area contributed by atoms with Crippen LogP contribution in [-0.2, 0) is 44.9 Å². The van der Waals surface area contributed by atoms with Crippen molar-refractivity contribution in [2.45, 2.75) is 448 Å². The molecule has 0 fully saturated rings. The average molecular weight is 2070 g/mol. The van der Waals surface area contributed by atoms with Gasteiger partial charge in [-0.1, -0.05) is 351 Å². The first-order valence-electron chi connectivity index (χ1n) is 55.7. The first-order chi connectivity index (χ1) is 68.0. The first-order valence-corrected chi connectivity index (χ1v) is 65.4. The molecule has 15 rings (SSSR count). The Morgan fingerprint density at radius 1 is 0.217 bits per heavy atom. The van der Waals surface area contributed by atoms with Crippen molar-refractivity contribution in [1.82, 2.24) is 17.5 Å². The summed E-state index contributed by atoms with van der Waals surface area (Å²) >= 11 is 23.2. The number of hydrogen-bond acceptors (Lipinski definition) is 16. The third-order valence-electron chi connectivity index (χ3n) is 29.4. The molecule has 0 amide bonds. The van der Waals surface area contributed by atoms with E-state index in [2.05, 4.69) is 206 Å². The van der Waals surface area contributed by atoms with E-state index >= 15 is 0 Å². The van der Waals surface area contributed by atoms with Crippen molar-refractivity contribution in [3.63, 3.8) is 0 Å². The van der Waals surface area contributed by atoms with Gasteiger partial charge >= 0.3 is 0 Å². The zero-order valence-electron chi connectivity index (χ0n) is 86.1. The van der Waals surface area contributed by atoms with Crippen LogP contribution in [0.3, 0.4) is 0 Å². The van der Waals surface area contributed by atoms with Crippen LogP contribution >= 0.6 is 137 Å². The highest BCUT2D eigenvalue weighted by molar-refractivity contribution is 7.31. The van der Waals surface area contributed by atoms with E-state index < -0.39 is 0 Å². The molecule has 0 bridgehead atoms. The van der Waals surface area contributed by atoms with E-state index in [1.165, 1.54) is 515 Å². The highest BCUT2D eigenvalue weighted by Gasteiger charge is 2.30. The van der Waals surface area contributed by atoms with Crippen LogP contribution in [0, 0.1) is 19.8 Å². The smallest absolute Gasteiger partial charge is 0.114 e. The average Bonchev–Trinajstić information content (AvgIpc) is 1.55. The lowest BCUT2D eigenvalue weighted by Crippen LogP contribution is -2.05. The zero-order valence-corrected chi connectivity index (χ0v) is 95.9. The summed E-state index contributed by atoms with van der Waals surface area (Å²) in [6.07, 6.45) is 77.6. The summed E-state index contributed by atoms with van der Waals surface area (Å²) in [6, 6.07) is 37.9. The summed E-state index contributed by atoms with van der Waals surface area (Å²) in [5.41, 5.74) is 17.1. The van der Waals surface area contributed by atoms with Gasteiger partial charge in [0.2, 0.25) is 0 Å². The van der Waals surface area contributed by atoms with Gasteiger partial charge in [-0.3, -0.25) is 0 Å². The van der Waals surface area contributed by atoms with Crippen LogP contribution in [0.4, 0.5) is 0 Å². The van der Waals surface area contributed by atoms with Gasteiger partial charge < -0.3 is 0 Å². The molecule has 16 heteroatoms. The Hall–Kier alpha value is -4.92. The standard InChI is InChI=1S/C122H164N4S12/c1-11-19-27-35-40-44-49-57-63-88-78-109(129-99(88)67-59-51-46-42-37-29-21-13-3)112-97-76-86(10)128-121(97)113(110-79-89(64-58-50-45-41-36-28-20-12-2)100(130-110)68-60-52-47-43-38-30-22-14-4)98-84-111(136-122(98)112)119-91(66-56-34-26-18-8)81-108(135-119)96-83-94-93(115-117(96)126-138-124-115)82-95(116-114(94)123-137-125-116)107-80-90(65-55-33-25-17-7)118(134-107)105-73-71-103(132-105)101-69-70-102(131-101)104-72-74-106(133-104)120-92(75-85(9)127-120)77-87(61-53-32-24-16-6)62-54-48-39-31-23-15-5/h69-76,78-84,87H,11-68,77H2,1-10H3. The number of aromatic nitrogens is 4. The second kappa shape index (κ2) is 57.3. The van der Waals surface area contributed by atoms with Crippen molar-refractivity contribution in [3.05, 3.63) is 138 Å². The molecule has 0 aliphatic carbocycles. The summed E-state index contributed by atoms with van der Waals surface area (Å²) in [5.74, 6) is 0.771. The first kappa shape index (κ1) is 107. The SMILES string of the molecule is CCCCCCCCCCc1cc(-c2c3cc(-c4sc(-c5cc6c(cc(-c7cc(CCCCCC)c(-c8ccc(-c9ccc(-c%10ccc(-c%11sc(C)cc%11CC(CCCCCC)CCCCCCCC)s%10)s9)s8)s7)c7nsnc76)c6nsnc56)cc4CCCCCC)sc3c(-c3cc(CCCCCCCCCC)c(CCCCCCCCCC)s3)c3cc(C)sc23)sc1CCCCCCCCCC. The number of rotatable bonds is 69. The summed E-state index contributed by atoms with van der Waals surface area (Å²) in [7, 11) is 0. The summed E-state index contributed by atoms with van der Waals surface area (Å²) < 4.78 is 24.4. The molecule has 138 heavy (non-hydrogen) atoms. The van der Waals surface area contributed by atoms with Crippen LogP contribution < -0.4 is 0 Å². The maximum atomic E-state index is 5.37. The van der Waals surface area contributed by atoms with E-state index in [1.54, 1.807) is 26.4 Å². The minimum Gasteiger partial charge on any atom is -0.172 e. The molecule has 3 aromatic carbocycles. The van der Waals surface area contributed by atoms with Crippen molar-refractivity contribution < 1.29 is 0 Å². The molecule has 744 valence electrons. The number of fused-ring (bicyclic) bond motifs is 7. The van der Waals surface area contributed by atoms with Gasteiger partial charge in [-0.2, -0.15) is 17.5 Å². The quantitative estimate of drug-likeness (QED) is 0.0357. The lowest BCUT2D eigenvalue weighted by molar-refractivity contribution is 0.403. The summed E-state index contributed by atoms with van der Waals surface area (Å²) in [4.78, 5) is 25.8. The Morgan fingerprint density at radius 3 is 0.935 bits per heavy atom. The number of nitrogens with zero attached hydrogens (tertiary/aromatic N) is 4. The molecule has 1 atom stereocenters. The van der Waals surface area contributed by atoms with Gasteiger partial charge in [-0.25, -0.2) is 0 Å². The Bertz CT molecular complexity index is 5910. The monoisotopic (exact) mass is 2070 g/mol. The highest BCUT2D eigenvalue weighted by atomic mass is 32.1. The van der Waals surface area contributed by atoms with Crippen LogP contribution in [0.5, 0.6) is 0 Å². The fraction of sp³-hybridized carbons (Fsp3) is 0.574. The molecule has 12 heterocycles. The minimum absolute atomic E-state index is 0.771. The van der Waals surface area contributed by atoms with Crippen molar-refractivity contribution in [1.29, 1.82) is 0 Å². The van der Waals surface area contributed by atoms with Crippen molar-refractivity contribution >= 4 is 190 Å². The van der Waals surface area contributed by atoms with Crippen molar-refractivity contribution in [2.75, 3.05) is 0 Å². The summed E-state index contributed by atoms with van der Waals surface area (Å²) in [5, 5.41) is 5.20. The van der Waals surface area contributed by atoms with Crippen LogP contribution in [0.15, 0.2) is 91.0 Å². The molecule has 12 aromatic heterocycles. The zero-order chi connectivity index (χ0) is 95.6. The third-order valence-corrected chi connectivity index (χ3v) is 42.9. The Balaban J connectivity index is 0.781. The molecule has 0 aliphatic rings. The Labute approximate surface area is 881 Å². The predicted octanol–water partition coefficient (Wildman–Crippen LogP) is 46.2. The fourth-order valence-corrected chi connectivity index (χ4v) is 34.9. The topological polar surface area (TPSA) is 51.6 Å². The lowest BCUT2D eigenvalue weighted by atomic mass is 9.88. The van der Waals surface area contributed by atoms with Gasteiger partial charge in [-0.15, -0.1) is 113 Å². The summed E-state index contributed by atoms with van der Waals surface area (Å²) in [6.45, 7) is 23.5. The highest BCUT2D eigenvalue weighted by Crippen LogP contribution is 2.58. The molecule has 0 saturated heterocycles. The van der Waals surface area contributed by atoms with Crippen molar-refractivity contribution in [3.8, 4) is 90.5 Å². The van der Waals surface area contributed by atoms with Gasteiger partial charge in [0, 0.05) is 141 Å². The maximum absolute atomic E-state index is 5.37. The third kappa shape index (κ3) is 29.1. The largest absolute Gasteiger partial charge is 0.172 e. The van der Waals surface area contributed by atoms with E-state index in [0.717, 1.165) is 57.2 Å². The second-order valence-electron chi connectivity index (χ2n) is 40.8. The van der Waals surface area contributed by atoms with Crippen LogP contribution in [0.25, 0.3) is 144 Å². The molecule has 1 unspecified atom stereocenters. The van der Waals surface area contributed by atoms with E-state index in [4.69, 9.17) is 17.5 Å². The molecule has 0 N–H and O–H groups in total. The van der Waals surface area contributed by atoms with E-state index in [1.807, 2.05) is 68.0 Å². The van der Waals surface area contributed by atoms with Gasteiger partial charge in [-0.05, 0) is 222 Å². The van der Waals surface area contributed by atoms with Gasteiger partial charge in [0.05, 0.1) is 23.5 Å². The Kier molecular flexibility index (Phi) is 44.5. The molecule has 4 nitrogen and oxygen atoms in total. The number of hydrogen-bond donors (Lipinski definition) is 0. The van der Waals surface area contributed by atoms with Gasteiger partial charge in [0.1, 0.15) is 22.1 Å². The number of benzene rings is 3. The predicted molar refractivity (Wildman–Crippen MR) is 633 cm³/mol. The van der Waals surface area contributed by atoms with Crippen molar-refractivity contribution in [2.24, 2.45) is 5.92 Å². The number of thiophene rings is 10. The van der Waals surface area contributed by atoms with E-state index in [-0.39, 0.29) is 0 Å². The van der Waals surface area contributed by atoms with E-state index in [9.17, 15) is 0 Å². The maximum Gasteiger partial charge on any atom is 0.114 e. The van der Waals surface area contributed by atoms with Gasteiger partial charge in [0.15, 0.2) is 0 Å². The molecule has 15 aromatic rings.